The van der Waals surface area contributed by atoms with Crippen LogP contribution >= 0.6 is 0 Å². The summed E-state index contributed by atoms with van der Waals surface area (Å²) >= 11 is 0. The van der Waals surface area contributed by atoms with Gasteiger partial charge in [-0.2, -0.15) is 0 Å². The van der Waals surface area contributed by atoms with Crippen LogP contribution in [0.2, 0.25) is 0 Å². The summed E-state index contributed by atoms with van der Waals surface area (Å²) in [6.45, 7) is 23.4. The molecule has 5 rings (SSSR count). The van der Waals surface area contributed by atoms with Crippen LogP contribution in [0.5, 0.6) is 0 Å². The predicted molar refractivity (Wildman–Crippen MR) is 145 cm³/mol. The van der Waals surface area contributed by atoms with Crippen molar-refractivity contribution in [1.29, 1.82) is 0 Å². The van der Waals surface area contributed by atoms with Crippen LogP contribution in [0, 0.1) is 56.7 Å². The molecule has 0 aromatic heterocycles. The van der Waals surface area contributed by atoms with E-state index < -0.39 is 0 Å². The van der Waals surface area contributed by atoms with Gasteiger partial charge >= 0.3 is 5.97 Å². The zero-order valence-corrected chi connectivity index (χ0v) is 24.3. The molecule has 0 amide bonds. The maximum Gasteiger partial charge on any atom is 0.302 e. The Bertz CT molecular complexity index is 886. The van der Waals surface area contributed by atoms with Gasteiger partial charge < -0.3 is 4.74 Å². The Labute approximate surface area is 216 Å². The van der Waals surface area contributed by atoms with Gasteiger partial charge in [0.1, 0.15) is 6.10 Å². The van der Waals surface area contributed by atoms with Gasteiger partial charge in [-0.15, -0.1) is 0 Å². The molecule has 5 saturated carbocycles. The molecule has 0 heterocycles. The second-order valence-corrected chi connectivity index (χ2v) is 15.4. The predicted octanol–water partition coefficient (Wildman–Crippen LogP) is 8.99. The van der Waals surface area contributed by atoms with Crippen molar-refractivity contribution in [3.8, 4) is 0 Å². The summed E-state index contributed by atoms with van der Waals surface area (Å²) in [5.41, 5.74) is 3.63. The molecular formula is C33H54O2. The topological polar surface area (TPSA) is 26.3 Å². The first-order chi connectivity index (χ1) is 16.3. The minimum absolute atomic E-state index is 0.0951. The van der Waals surface area contributed by atoms with Crippen LogP contribution in [0.3, 0.4) is 0 Å². The van der Waals surface area contributed by atoms with Crippen molar-refractivity contribution in [2.45, 2.75) is 132 Å². The van der Waals surface area contributed by atoms with Crippen molar-refractivity contribution >= 4 is 5.97 Å². The van der Waals surface area contributed by atoms with Gasteiger partial charge in [0.25, 0.3) is 0 Å². The summed E-state index contributed by atoms with van der Waals surface area (Å²) in [6.07, 6.45) is 15.0. The molecule has 0 aromatic rings. The normalized spacial score (nSPS) is 48.3. The second-order valence-electron chi connectivity index (χ2n) is 15.4. The number of fused-ring (bicyclic) bond motifs is 2. The number of carbonyl (C=O) groups excluding carboxylic acids is 1. The Morgan fingerprint density at radius 3 is 2.20 bits per heavy atom. The van der Waals surface area contributed by atoms with E-state index in [4.69, 9.17) is 4.74 Å². The molecule has 0 saturated heterocycles. The minimum Gasteiger partial charge on any atom is -0.462 e. The molecule has 2 spiro atoms. The molecule has 5 aliphatic carbocycles. The summed E-state index contributed by atoms with van der Waals surface area (Å²) in [5.74, 6) is 3.80. The van der Waals surface area contributed by atoms with Crippen molar-refractivity contribution < 1.29 is 9.53 Å². The van der Waals surface area contributed by atoms with Crippen LogP contribution < -0.4 is 0 Å². The highest BCUT2D eigenvalue weighted by Crippen LogP contribution is 2.89. The maximum absolute atomic E-state index is 11.9. The number of esters is 1. The number of carbonyl (C=O) groups is 1. The van der Waals surface area contributed by atoms with Crippen LogP contribution in [-0.4, -0.2) is 12.1 Å². The van der Waals surface area contributed by atoms with E-state index in [1.807, 2.05) is 0 Å². The molecule has 5 aliphatic rings. The Hall–Kier alpha value is -0.790. The average molecular weight is 483 g/mol. The van der Waals surface area contributed by atoms with Crippen LogP contribution in [0.1, 0.15) is 126 Å². The molecule has 0 radical (unpaired) electrons. The van der Waals surface area contributed by atoms with Crippen LogP contribution in [0.4, 0.5) is 0 Å². The van der Waals surface area contributed by atoms with E-state index in [0.29, 0.717) is 27.6 Å². The monoisotopic (exact) mass is 482 g/mol. The maximum atomic E-state index is 11.9. The third kappa shape index (κ3) is 3.35. The van der Waals surface area contributed by atoms with Crippen molar-refractivity contribution in [3.05, 3.63) is 12.2 Å². The summed E-state index contributed by atoms with van der Waals surface area (Å²) in [5, 5.41) is 0. The molecule has 0 N–H and O–H groups in total. The van der Waals surface area contributed by atoms with E-state index in [0.717, 1.165) is 30.1 Å². The highest BCUT2D eigenvalue weighted by Gasteiger charge is 2.82. The molecule has 35 heavy (non-hydrogen) atoms. The first-order valence-corrected chi connectivity index (χ1v) is 15.1. The molecule has 9 atom stereocenters. The first kappa shape index (κ1) is 25.8. The van der Waals surface area contributed by atoms with Gasteiger partial charge in [-0.25, -0.2) is 0 Å². The zero-order valence-electron chi connectivity index (χ0n) is 24.3. The van der Waals surface area contributed by atoms with Crippen LogP contribution in [-0.2, 0) is 9.53 Å². The number of ether oxygens (including phenoxy) is 1. The van der Waals surface area contributed by atoms with E-state index in [2.05, 4.69) is 55.0 Å². The SMILES string of the molecule is C=C(CCC(C)C1CC[C@@]2(C)C3CCC4C(C)(C)C(OC(C)=O)CC[C@@]45C[C@@]35CC[C@]12C)C(C)C. The van der Waals surface area contributed by atoms with Crippen molar-refractivity contribution in [2.24, 2.45) is 56.7 Å². The van der Waals surface area contributed by atoms with Gasteiger partial charge in [0.15, 0.2) is 0 Å². The smallest absolute Gasteiger partial charge is 0.302 e. The lowest BCUT2D eigenvalue weighted by Gasteiger charge is -2.63. The number of hydrogen-bond acceptors (Lipinski definition) is 2. The van der Waals surface area contributed by atoms with E-state index in [1.165, 1.54) is 69.8 Å². The molecule has 0 aliphatic heterocycles. The lowest BCUT2D eigenvalue weighted by Crippen LogP contribution is -2.58. The molecule has 0 bridgehead atoms. The fraction of sp³-hybridized carbons (Fsp3) is 0.909. The Kier molecular flexibility index (Phi) is 5.98. The molecule has 0 aromatic carbocycles. The molecule has 198 valence electrons. The zero-order chi connectivity index (χ0) is 25.6. The van der Waals surface area contributed by atoms with Crippen molar-refractivity contribution in [2.75, 3.05) is 0 Å². The molecular weight excluding hydrogens is 428 g/mol. The lowest BCUT2D eigenvalue weighted by atomic mass is 9.41. The average Bonchev–Trinajstić information content (AvgIpc) is 3.36. The third-order valence-corrected chi connectivity index (χ3v) is 13.8. The van der Waals surface area contributed by atoms with Gasteiger partial charge in [-0.05, 0) is 122 Å². The molecule has 2 nitrogen and oxygen atoms in total. The Balaban J connectivity index is 1.37. The van der Waals surface area contributed by atoms with Crippen LogP contribution in [0.25, 0.3) is 0 Å². The fourth-order valence-electron chi connectivity index (χ4n) is 11.6. The second kappa shape index (κ2) is 8.10. The van der Waals surface area contributed by atoms with Gasteiger partial charge in [-0.1, -0.05) is 60.6 Å². The highest BCUT2D eigenvalue weighted by molar-refractivity contribution is 5.66. The summed E-state index contributed by atoms with van der Waals surface area (Å²) in [7, 11) is 0. The quantitative estimate of drug-likeness (QED) is 0.279. The molecule has 2 heteroatoms. The van der Waals surface area contributed by atoms with Gasteiger partial charge in [-0.3, -0.25) is 4.79 Å². The number of allylic oxidation sites excluding steroid dienone is 1. The lowest BCUT2D eigenvalue weighted by molar-refractivity contribution is -0.181. The largest absolute Gasteiger partial charge is 0.462 e. The molecule has 5 unspecified atom stereocenters. The van der Waals surface area contributed by atoms with Gasteiger partial charge in [0.05, 0.1) is 0 Å². The van der Waals surface area contributed by atoms with E-state index in [9.17, 15) is 4.79 Å². The minimum atomic E-state index is -0.0951. The van der Waals surface area contributed by atoms with E-state index in [1.54, 1.807) is 6.92 Å². The number of rotatable bonds is 6. The Morgan fingerprint density at radius 2 is 1.54 bits per heavy atom. The fourth-order valence-corrected chi connectivity index (χ4v) is 11.6. The van der Waals surface area contributed by atoms with Crippen molar-refractivity contribution in [3.63, 3.8) is 0 Å². The summed E-state index contributed by atoms with van der Waals surface area (Å²) < 4.78 is 5.91. The first-order valence-electron chi connectivity index (χ1n) is 15.1. The van der Waals surface area contributed by atoms with Crippen molar-refractivity contribution in [1.82, 2.24) is 0 Å². The third-order valence-electron chi connectivity index (χ3n) is 13.8. The van der Waals surface area contributed by atoms with E-state index in [-0.39, 0.29) is 17.5 Å². The van der Waals surface area contributed by atoms with Crippen LogP contribution in [0.15, 0.2) is 12.2 Å². The Morgan fingerprint density at radius 1 is 0.886 bits per heavy atom. The van der Waals surface area contributed by atoms with Gasteiger partial charge in [0.2, 0.25) is 0 Å². The van der Waals surface area contributed by atoms with E-state index >= 15 is 0 Å². The molecule has 5 fully saturated rings. The number of hydrogen-bond donors (Lipinski definition) is 0. The summed E-state index contributed by atoms with van der Waals surface area (Å²) in [4.78, 5) is 11.9. The standard InChI is InChI=1S/C33H54O2/c1-21(2)22(3)10-11-23(4)25-14-16-31(9)27-13-12-26-29(6,7)28(35-24(5)34)15-17-32(26)20-33(27,32)19-18-30(25,31)8/h21,23,25-28H,3,10-20H2,1-2,4-9H3/t23?,25?,26?,27?,28?,30-,31+,32-,33+/m1/s1. The highest BCUT2D eigenvalue weighted by atomic mass is 16.5. The van der Waals surface area contributed by atoms with Gasteiger partial charge in [0, 0.05) is 12.3 Å². The summed E-state index contributed by atoms with van der Waals surface area (Å²) in [6, 6.07) is 0.